The summed E-state index contributed by atoms with van der Waals surface area (Å²) in [5.41, 5.74) is 0. The van der Waals surface area contributed by atoms with Gasteiger partial charge in [0.05, 0.1) is 0 Å². The van der Waals surface area contributed by atoms with Crippen molar-refractivity contribution in [3.05, 3.63) is 0 Å². The Labute approximate surface area is 374 Å². The van der Waals surface area contributed by atoms with Crippen molar-refractivity contribution in [2.75, 3.05) is 13.2 Å². The maximum absolute atomic E-state index is 12.8. The zero-order valence-corrected chi connectivity index (χ0v) is 40.9. The first-order chi connectivity index (χ1) is 29.4. The molecular formula is C54H104O6. The van der Waals surface area contributed by atoms with E-state index in [2.05, 4.69) is 27.7 Å². The molecule has 0 N–H and O–H groups in total. The minimum Gasteiger partial charge on any atom is -0.462 e. The molecule has 6 heteroatoms. The summed E-state index contributed by atoms with van der Waals surface area (Å²) in [5, 5.41) is 0. The highest BCUT2D eigenvalue weighted by Crippen LogP contribution is 2.17. The van der Waals surface area contributed by atoms with Gasteiger partial charge in [-0.05, 0) is 25.2 Å². The van der Waals surface area contributed by atoms with Gasteiger partial charge in [0.2, 0.25) is 0 Å². The Kier molecular flexibility index (Phi) is 47.2. The van der Waals surface area contributed by atoms with Crippen molar-refractivity contribution in [2.24, 2.45) is 5.92 Å². The summed E-state index contributed by atoms with van der Waals surface area (Å²) >= 11 is 0. The van der Waals surface area contributed by atoms with Crippen LogP contribution in [0.2, 0.25) is 0 Å². The molecule has 0 saturated heterocycles. The SMILES string of the molecule is CCCCCCCCCCCCCCCCCCCCCC(=O)OC[C@H](COC(=O)CCCCCCCCCCC(C)C)OC(=O)CCCCCCCCCCCCCC. The average molecular weight is 849 g/mol. The van der Waals surface area contributed by atoms with E-state index in [1.807, 2.05) is 0 Å². The van der Waals surface area contributed by atoms with Crippen LogP contribution >= 0.6 is 0 Å². The highest BCUT2D eigenvalue weighted by atomic mass is 16.6. The molecule has 0 heterocycles. The number of esters is 3. The Morgan fingerprint density at radius 2 is 0.550 bits per heavy atom. The van der Waals surface area contributed by atoms with Crippen molar-refractivity contribution < 1.29 is 28.6 Å². The molecule has 0 bridgehead atoms. The Morgan fingerprint density at radius 1 is 0.317 bits per heavy atom. The van der Waals surface area contributed by atoms with Gasteiger partial charge < -0.3 is 14.2 Å². The van der Waals surface area contributed by atoms with Gasteiger partial charge in [-0.1, -0.05) is 265 Å². The lowest BCUT2D eigenvalue weighted by atomic mass is 10.0. The molecule has 0 amide bonds. The highest BCUT2D eigenvalue weighted by Gasteiger charge is 2.19. The molecule has 0 aliphatic heterocycles. The fourth-order valence-corrected chi connectivity index (χ4v) is 8.22. The molecule has 0 spiro atoms. The van der Waals surface area contributed by atoms with Crippen LogP contribution in [0.5, 0.6) is 0 Å². The van der Waals surface area contributed by atoms with Crippen molar-refractivity contribution in [3.8, 4) is 0 Å². The zero-order valence-electron chi connectivity index (χ0n) is 40.9. The molecule has 60 heavy (non-hydrogen) atoms. The van der Waals surface area contributed by atoms with E-state index >= 15 is 0 Å². The number of hydrogen-bond donors (Lipinski definition) is 0. The molecule has 356 valence electrons. The van der Waals surface area contributed by atoms with E-state index in [9.17, 15) is 14.4 Å². The summed E-state index contributed by atoms with van der Waals surface area (Å²) in [6.07, 6.45) is 51.0. The molecule has 0 aromatic rings. The third-order valence-corrected chi connectivity index (χ3v) is 12.3. The van der Waals surface area contributed by atoms with E-state index < -0.39 is 6.10 Å². The van der Waals surface area contributed by atoms with Crippen molar-refractivity contribution in [1.82, 2.24) is 0 Å². The van der Waals surface area contributed by atoms with Gasteiger partial charge in [-0.2, -0.15) is 0 Å². The van der Waals surface area contributed by atoms with Crippen LogP contribution in [0.4, 0.5) is 0 Å². The van der Waals surface area contributed by atoms with Gasteiger partial charge in [-0.3, -0.25) is 14.4 Å². The average Bonchev–Trinajstić information content (AvgIpc) is 3.23. The Balaban J connectivity index is 4.23. The van der Waals surface area contributed by atoms with Gasteiger partial charge in [-0.15, -0.1) is 0 Å². The number of carbonyl (C=O) groups is 3. The first-order valence-electron chi connectivity index (χ1n) is 26.9. The molecule has 0 aliphatic carbocycles. The van der Waals surface area contributed by atoms with Crippen LogP contribution in [-0.2, 0) is 28.6 Å². The molecule has 0 aromatic carbocycles. The van der Waals surface area contributed by atoms with Crippen LogP contribution in [0.15, 0.2) is 0 Å². The molecule has 0 fully saturated rings. The third kappa shape index (κ3) is 47.5. The predicted molar refractivity (Wildman–Crippen MR) is 257 cm³/mol. The van der Waals surface area contributed by atoms with Crippen LogP contribution in [0.1, 0.15) is 304 Å². The smallest absolute Gasteiger partial charge is 0.306 e. The van der Waals surface area contributed by atoms with E-state index in [-0.39, 0.29) is 31.1 Å². The summed E-state index contributed by atoms with van der Waals surface area (Å²) in [5.74, 6) is -0.0483. The molecule has 0 rings (SSSR count). The lowest BCUT2D eigenvalue weighted by Gasteiger charge is -2.18. The normalized spacial score (nSPS) is 11.9. The summed E-state index contributed by atoms with van der Waals surface area (Å²) in [7, 11) is 0. The molecule has 6 nitrogen and oxygen atoms in total. The number of unbranched alkanes of at least 4 members (excludes halogenated alkanes) is 36. The Morgan fingerprint density at radius 3 is 0.817 bits per heavy atom. The second kappa shape index (κ2) is 48.4. The maximum atomic E-state index is 12.8. The quantitative estimate of drug-likeness (QED) is 0.0345. The first kappa shape index (κ1) is 58.4. The van der Waals surface area contributed by atoms with Crippen molar-refractivity contribution >= 4 is 17.9 Å². The topological polar surface area (TPSA) is 78.9 Å². The van der Waals surface area contributed by atoms with E-state index in [0.29, 0.717) is 19.3 Å². The maximum Gasteiger partial charge on any atom is 0.306 e. The molecular weight excluding hydrogens is 745 g/mol. The minimum atomic E-state index is -0.761. The molecule has 0 aromatic heterocycles. The number of carbonyl (C=O) groups excluding carboxylic acids is 3. The molecule has 0 saturated carbocycles. The van der Waals surface area contributed by atoms with Gasteiger partial charge >= 0.3 is 17.9 Å². The van der Waals surface area contributed by atoms with Gasteiger partial charge in [0.15, 0.2) is 6.10 Å². The predicted octanol–water partition coefficient (Wildman–Crippen LogP) is 17.5. The summed E-state index contributed by atoms with van der Waals surface area (Å²) in [6.45, 7) is 9.00. The van der Waals surface area contributed by atoms with Crippen molar-refractivity contribution in [2.45, 2.75) is 310 Å². The minimum absolute atomic E-state index is 0.0629. The van der Waals surface area contributed by atoms with Crippen LogP contribution in [0, 0.1) is 5.92 Å². The zero-order chi connectivity index (χ0) is 43.8. The number of ether oxygens (including phenoxy) is 3. The fourth-order valence-electron chi connectivity index (χ4n) is 8.22. The lowest BCUT2D eigenvalue weighted by Crippen LogP contribution is -2.30. The second-order valence-electron chi connectivity index (χ2n) is 19.0. The Bertz CT molecular complexity index is 903. The molecule has 0 unspecified atom stereocenters. The standard InChI is InChI=1S/C54H104O6/c1-5-7-9-11-13-15-17-19-20-21-22-23-24-25-27-28-33-37-41-45-52(55)58-48-51(49-59-53(56)46-42-38-34-31-30-32-36-40-44-50(3)4)60-54(57)47-43-39-35-29-26-18-16-14-12-10-8-6-2/h50-51H,5-49H2,1-4H3/t51-/m1/s1. The highest BCUT2D eigenvalue weighted by molar-refractivity contribution is 5.71. The summed E-state index contributed by atoms with van der Waals surface area (Å²) < 4.78 is 16.8. The van der Waals surface area contributed by atoms with Crippen LogP contribution in [0.25, 0.3) is 0 Å². The van der Waals surface area contributed by atoms with E-state index in [1.54, 1.807) is 0 Å². The summed E-state index contributed by atoms with van der Waals surface area (Å²) in [4.78, 5) is 37.9. The fraction of sp³-hybridized carbons (Fsp3) is 0.944. The Hall–Kier alpha value is -1.59. The van der Waals surface area contributed by atoms with Gasteiger partial charge in [0, 0.05) is 19.3 Å². The van der Waals surface area contributed by atoms with E-state index in [4.69, 9.17) is 14.2 Å². The number of rotatable bonds is 49. The number of hydrogen-bond acceptors (Lipinski definition) is 6. The van der Waals surface area contributed by atoms with Crippen molar-refractivity contribution in [3.63, 3.8) is 0 Å². The largest absolute Gasteiger partial charge is 0.462 e. The second-order valence-corrected chi connectivity index (χ2v) is 19.0. The van der Waals surface area contributed by atoms with E-state index in [1.165, 1.54) is 199 Å². The third-order valence-electron chi connectivity index (χ3n) is 12.3. The molecule has 1 atom stereocenters. The van der Waals surface area contributed by atoms with Gasteiger partial charge in [-0.25, -0.2) is 0 Å². The lowest BCUT2D eigenvalue weighted by molar-refractivity contribution is -0.167. The van der Waals surface area contributed by atoms with E-state index in [0.717, 1.165) is 63.7 Å². The van der Waals surface area contributed by atoms with Crippen LogP contribution < -0.4 is 0 Å². The monoisotopic (exact) mass is 849 g/mol. The van der Waals surface area contributed by atoms with Crippen LogP contribution in [-0.4, -0.2) is 37.2 Å². The van der Waals surface area contributed by atoms with Gasteiger partial charge in [0.1, 0.15) is 13.2 Å². The summed E-state index contributed by atoms with van der Waals surface area (Å²) in [6, 6.07) is 0. The molecule has 0 aliphatic rings. The van der Waals surface area contributed by atoms with Gasteiger partial charge in [0.25, 0.3) is 0 Å². The first-order valence-corrected chi connectivity index (χ1v) is 26.9. The van der Waals surface area contributed by atoms with Crippen LogP contribution in [0.3, 0.4) is 0 Å². The van der Waals surface area contributed by atoms with Crippen molar-refractivity contribution in [1.29, 1.82) is 0 Å². The molecule has 0 radical (unpaired) electrons.